The van der Waals surface area contributed by atoms with E-state index in [1.807, 2.05) is 0 Å². The van der Waals surface area contributed by atoms with E-state index in [0.29, 0.717) is 10.9 Å². The highest BCUT2D eigenvalue weighted by Crippen LogP contribution is 2.29. The van der Waals surface area contributed by atoms with Gasteiger partial charge in [0.05, 0.1) is 21.4 Å². The second kappa shape index (κ2) is 4.93. The van der Waals surface area contributed by atoms with Crippen molar-refractivity contribution in [3.8, 4) is 17.1 Å². The van der Waals surface area contributed by atoms with Crippen LogP contribution in [-0.4, -0.2) is 28.0 Å². The van der Waals surface area contributed by atoms with Gasteiger partial charge in [-0.05, 0) is 30.3 Å². The lowest BCUT2D eigenvalue weighted by Gasteiger charge is -2.07. The van der Waals surface area contributed by atoms with E-state index in [-0.39, 0.29) is 17.1 Å². The Morgan fingerprint density at radius 3 is 2.55 bits per heavy atom. The third kappa shape index (κ3) is 2.45. The number of aromatic amines is 1. The zero-order chi connectivity index (χ0) is 15.9. The molecule has 3 aromatic rings. The van der Waals surface area contributed by atoms with Crippen LogP contribution in [0.4, 0.5) is 0 Å². The molecule has 8 heteroatoms. The summed E-state index contributed by atoms with van der Waals surface area (Å²) in [6.07, 6.45) is 0. The van der Waals surface area contributed by atoms with Gasteiger partial charge in [-0.1, -0.05) is 12.1 Å². The van der Waals surface area contributed by atoms with E-state index in [1.165, 1.54) is 0 Å². The number of rotatable bonds is 2. The van der Waals surface area contributed by atoms with E-state index in [9.17, 15) is 18.3 Å². The summed E-state index contributed by atoms with van der Waals surface area (Å²) in [5.74, 6) is -0.266. The van der Waals surface area contributed by atoms with Crippen LogP contribution in [0.15, 0.2) is 52.2 Å². The van der Waals surface area contributed by atoms with Crippen molar-refractivity contribution < 1.29 is 18.1 Å². The fourth-order valence-corrected chi connectivity index (χ4v) is 2.59. The summed E-state index contributed by atoms with van der Waals surface area (Å²) in [7, 11) is -4.43. The molecule has 112 valence electrons. The number of hydrogen-bond acceptors (Lipinski definition) is 5. The lowest BCUT2D eigenvalue weighted by Crippen LogP contribution is -2.09. The number of nitrogens with zero attached hydrogens (tertiary/aromatic N) is 1. The fraction of sp³-hybridized carbons (Fsp3) is 0. The Bertz CT molecular complexity index is 1040. The van der Waals surface area contributed by atoms with Crippen LogP contribution >= 0.6 is 0 Å². The first-order valence-electron chi connectivity index (χ1n) is 6.16. The van der Waals surface area contributed by atoms with E-state index in [4.69, 9.17) is 4.55 Å². The fourth-order valence-electron chi connectivity index (χ4n) is 2.08. The summed E-state index contributed by atoms with van der Waals surface area (Å²) in [6.45, 7) is 0. The number of H-pyrrole nitrogens is 1. The van der Waals surface area contributed by atoms with Gasteiger partial charge in [-0.25, -0.2) is 4.98 Å². The number of phenols is 1. The van der Waals surface area contributed by atoms with E-state index in [2.05, 4.69) is 9.97 Å². The van der Waals surface area contributed by atoms with Crippen LogP contribution in [0.3, 0.4) is 0 Å². The second-order valence-electron chi connectivity index (χ2n) is 4.59. The average Bonchev–Trinajstić information content (AvgIpc) is 2.46. The molecule has 0 atom stereocenters. The largest absolute Gasteiger partial charge is 0.507 e. The van der Waals surface area contributed by atoms with Gasteiger partial charge in [0.1, 0.15) is 11.6 Å². The third-order valence-corrected chi connectivity index (χ3v) is 3.98. The van der Waals surface area contributed by atoms with Crippen molar-refractivity contribution in [2.75, 3.05) is 0 Å². The molecule has 1 aromatic heterocycles. The zero-order valence-corrected chi connectivity index (χ0v) is 11.8. The van der Waals surface area contributed by atoms with E-state index >= 15 is 0 Å². The zero-order valence-electron chi connectivity index (χ0n) is 11.0. The van der Waals surface area contributed by atoms with Gasteiger partial charge in [0.15, 0.2) is 0 Å². The van der Waals surface area contributed by atoms with Gasteiger partial charge in [-0.3, -0.25) is 9.35 Å². The van der Waals surface area contributed by atoms with Gasteiger partial charge in [0.2, 0.25) is 0 Å². The predicted molar refractivity (Wildman–Crippen MR) is 79.3 cm³/mol. The molecule has 0 aliphatic carbocycles. The van der Waals surface area contributed by atoms with Crippen molar-refractivity contribution in [2.24, 2.45) is 0 Å². The molecular weight excluding hydrogens is 308 g/mol. The van der Waals surface area contributed by atoms with Crippen LogP contribution in [0.5, 0.6) is 5.75 Å². The molecule has 0 saturated heterocycles. The molecule has 0 aliphatic rings. The quantitative estimate of drug-likeness (QED) is 0.616. The van der Waals surface area contributed by atoms with Gasteiger partial charge in [-0.15, -0.1) is 0 Å². The van der Waals surface area contributed by atoms with Gasteiger partial charge in [0.25, 0.3) is 15.7 Å². The third-order valence-electron chi connectivity index (χ3n) is 3.13. The number of benzene rings is 2. The first kappa shape index (κ1) is 14.2. The molecule has 0 radical (unpaired) electrons. The maximum absolute atomic E-state index is 12.0. The topological polar surface area (TPSA) is 120 Å². The molecule has 2 aromatic carbocycles. The number of phenolic OH excluding ortho intramolecular Hbond substituents is 1. The normalized spacial score (nSPS) is 11.7. The van der Waals surface area contributed by atoms with Crippen molar-refractivity contribution in [3.63, 3.8) is 0 Å². The molecular formula is C14H10N2O5S. The summed E-state index contributed by atoms with van der Waals surface area (Å²) in [6, 6.07) is 9.80. The maximum atomic E-state index is 12.0. The molecule has 0 saturated carbocycles. The minimum absolute atomic E-state index is 0.00187. The second-order valence-corrected chi connectivity index (χ2v) is 6.01. The Hall–Kier alpha value is -2.71. The van der Waals surface area contributed by atoms with Crippen molar-refractivity contribution in [1.82, 2.24) is 9.97 Å². The van der Waals surface area contributed by atoms with Crippen LogP contribution < -0.4 is 5.56 Å². The molecule has 3 rings (SSSR count). The molecule has 22 heavy (non-hydrogen) atoms. The van der Waals surface area contributed by atoms with Crippen LogP contribution in [0.25, 0.3) is 22.3 Å². The molecule has 0 aliphatic heterocycles. The minimum atomic E-state index is -4.43. The Labute approximate surface area is 124 Å². The number of hydrogen-bond donors (Lipinski definition) is 3. The number of fused-ring (bicyclic) bond motifs is 1. The van der Waals surface area contributed by atoms with Crippen molar-refractivity contribution in [1.29, 1.82) is 0 Å². The Morgan fingerprint density at radius 1 is 1.09 bits per heavy atom. The Balaban J connectivity index is 2.30. The SMILES string of the molecule is O=c1[nH]c(-c2cc(S(=O)(=O)O)ccc2O)nc2ccccc12. The number of aromatic nitrogens is 2. The van der Waals surface area contributed by atoms with E-state index in [1.54, 1.807) is 24.3 Å². The molecule has 0 bridgehead atoms. The average molecular weight is 318 g/mol. The van der Waals surface area contributed by atoms with E-state index in [0.717, 1.165) is 18.2 Å². The predicted octanol–water partition coefficient (Wildman–Crippen LogP) is 1.54. The molecule has 0 unspecified atom stereocenters. The number of para-hydroxylation sites is 1. The molecule has 1 heterocycles. The summed E-state index contributed by atoms with van der Waals surface area (Å²) in [5.41, 5.74) is -0.0202. The maximum Gasteiger partial charge on any atom is 0.294 e. The van der Waals surface area contributed by atoms with Gasteiger partial charge in [0, 0.05) is 0 Å². The van der Waals surface area contributed by atoms with Gasteiger partial charge >= 0.3 is 0 Å². The molecule has 0 fully saturated rings. The van der Waals surface area contributed by atoms with Crippen LogP contribution in [0.1, 0.15) is 0 Å². The monoisotopic (exact) mass is 318 g/mol. The Morgan fingerprint density at radius 2 is 1.82 bits per heavy atom. The summed E-state index contributed by atoms with van der Waals surface area (Å²) in [4.78, 5) is 18.3. The molecule has 7 nitrogen and oxygen atoms in total. The van der Waals surface area contributed by atoms with Gasteiger partial charge in [-0.2, -0.15) is 8.42 Å². The standard InChI is InChI=1S/C14H10N2O5S/c17-12-6-5-8(22(19,20)21)7-10(12)13-15-11-4-2-1-3-9(11)14(18)16-13/h1-7,17H,(H,15,16,18)(H,19,20,21). The van der Waals surface area contributed by atoms with Crippen molar-refractivity contribution in [3.05, 3.63) is 52.8 Å². The summed E-state index contributed by atoms with van der Waals surface area (Å²) < 4.78 is 31.5. The van der Waals surface area contributed by atoms with Crippen LogP contribution in [0.2, 0.25) is 0 Å². The lowest BCUT2D eigenvalue weighted by molar-refractivity contribution is 0.474. The van der Waals surface area contributed by atoms with Crippen LogP contribution in [0, 0.1) is 0 Å². The highest BCUT2D eigenvalue weighted by molar-refractivity contribution is 7.85. The van der Waals surface area contributed by atoms with Crippen LogP contribution in [-0.2, 0) is 10.1 Å². The summed E-state index contributed by atoms with van der Waals surface area (Å²) in [5, 5.41) is 10.3. The van der Waals surface area contributed by atoms with Crippen molar-refractivity contribution in [2.45, 2.75) is 4.90 Å². The highest BCUT2D eigenvalue weighted by atomic mass is 32.2. The van der Waals surface area contributed by atoms with Gasteiger partial charge < -0.3 is 10.1 Å². The lowest BCUT2D eigenvalue weighted by atomic mass is 10.1. The number of aromatic hydroxyl groups is 1. The minimum Gasteiger partial charge on any atom is -0.507 e. The molecule has 0 amide bonds. The van der Waals surface area contributed by atoms with E-state index < -0.39 is 20.6 Å². The van der Waals surface area contributed by atoms with Crippen molar-refractivity contribution >= 4 is 21.0 Å². The Kier molecular flexibility index (Phi) is 3.19. The first-order chi connectivity index (χ1) is 10.4. The first-order valence-corrected chi connectivity index (χ1v) is 7.60. The molecule has 3 N–H and O–H groups in total. The highest BCUT2D eigenvalue weighted by Gasteiger charge is 2.15. The number of nitrogens with one attached hydrogen (secondary N) is 1. The summed E-state index contributed by atoms with van der Waals surface area (Å²) >= 11 is 0. The molecule has 0 spiro atoms. The smallest absolute Gasteiger partial charge is 0.294 e.